The zero-order valence-electron chi connectivity index (χ0n) is 10.2. The molecule has 1 aromatic heterocycles. The van der Waals surface area contributed by atoms with Gasteiger partial charge in [0.05, 0.1) is 17.6 Å². The summed E-state index contributed by atoms with van der Waals surface area (Å²) in [4.78, 5) is 6.51. The van der Waals surface area contributed by atoms with Crippen LogP contribution in [0.4, 0.5) is 11.4 Å². The Labute approximate surface area is 97.7 Å². The van der Waals surface area contributed by atoms with Gasteiger partial charge in [-0.1, -0.05) is 13.8 Å². The van der Waals surface area contributed by atoms with Crippen molar-refractivity contribution in [3.63, 3.8) is 0 Å². The van der Waals surface area contributed by atoms with Crippen molar-refractivity contribution < 1.29 is 0 Å². The van der Waals surface area contributed by atoms with E-state index in [2.05, 4.69) is 23.7 Å². The molecule has 1 aromatic rings. The van der Waals surface area contributed by atoms with Gasteiger partial charge < -0.3 is 10.6 Å². The Hall–Kier alpha value is -1.25. The highest BCUT2D eigenvalue weighted by molar-refractivity contribution is 5.66. The maximum Gasteiger partial charge on any atom is 0.0738 e. The molecule has 0 spiro atoms. The average molecular weight is 219 g/mol. The van der Waals surface area contributed by atoms with Crippen molar-refractivity contribution in [1.29, 1.82) is 0 Å². The van der Waals surface area contributed by atoms with Gasteiger partial charge >= 0.3 is 0 Å². The monoisotopic (exact) mass is 219 g/mol. The predicted octanol–water partition coefficient (Wildman–Crippen LogP) is 2.68. The van der Waals surface area contributed by atoms with Crippen LogP contribution in [-0.4, -0.2) is 17.6 Å². The van der Waals surface area contributed by atoms with Gasteiger partial charge in [0.15, 0.2) is 0 Å². The third kappa shape index (κ3) is 2.65. The minimum absolute atomic E-state index is 0.712. The number of anilines is 2. The highest BCUT2D eigenvalue weighted by Gasteiger charge is 2.29. The smallest absolute Gasteiger partial charge is 0.0738 e. The quantitative estimate of drug-likeness (QED) is 0.828. The molecule has 1 aliphatic carbocycles. The Bertz CT molecular complexity index is 345. The number of nitrogen functional groups attached to an aromatic ring is 1. The Morgan fingerprint density at radius 3 is 2.81 bits per heavy atom. The molecule has 0 saturated heterocycles. The van der Waals surface area contributed by atoms with Crippen LogP contribution >= 0.6 is 0 Å². The zero-order chi connectivity index (χ0) is 11.5. The molecule has 1 saturated carbocycles. The first-order chi connectivity index (χ1) is 7.68. The lowest BCUT2D eigenvalue weighted by Gasteiger charge is -2.26. The van der Waals surface area contributed by atoms with Gasteiger partial charge in [0.2, 0.25) is 0 Å². The molecule has 3 heteroatoms. The molecule has 1 fully saturated rings. The molecule has 0 amide bonds. The van der Waals surface area contributed by atoms with Crippen LogP contribution in [0.1, 0.15) is 33.1 Å². The minimum Gasteiger partial charge on any atom is -0.396 e. The summed E-state index contributed by atoms with van der Waals surface area (Å²) in [6, 6.07) is 2.75. The molecule has 1 heterocycles. The summed E-state index contributed by atoms with van der Waals surface area (Å²) < 4.78 is 0. The molecule has 0 atom stereocenters. The van der Waals surface area contributed by atoms with Gasteiger partial charge in [0, 0.05) is 18.8 Å². The number of hydrogen-bond donors (Lipinski definition) is 1. The van der Waals surface area contributed by atoms with E-state index in [0.717, 1.165) is 23.8 Å². The fraction of sp³-hybridized carbons (Fsp3) is 0.615. The molecule has 0 aromatic carbocycles. The van der Waals surface area contributed by atoms with Crippen LogP contribution in [0.25, 0.3) is 0 Å². The average Bonchev–Trinajstić information content (AvgIpc) is 3.04. The summed E-state index contributed by atoms with van der Waals surface area (Å²) in [5.41, 5.74) is 7.96. The molecular weight excluding hydrogens is 198 g/mol. The van der Waals surface area contributed by atoms with Crippen LogP contribution < -0.4 is 10.6 Å². The van der Waals surface area contributed by atoms with E-state index in [1.165, 1.54) is 19.3 Å². The van der Waals surface area contributed by atoms with Crippen LogP contribution in [0.2, 0.25) is 0 Å². The first kappa shape index (κ1) is 11.2. The second-order valence-corrected chi connectivity index (χ2v) is 5.04. The lowest BCUT2D eigenvalue weighted by Crippen LogP contribution is -2.28. The van der Waals surface area contributed by atoms with E-state index in [1.807, 2.05) is 12.3 Å². The van der Waals surface area contributed by atoms with Crippen molar-refractivity contribution in [2.45, 2.75) is 39.2 Å². The first-order valence-corrected chi connectivity index (χ1v) is 6.14. The van der Waals surface area contributed by atoms with E-state index in [1.54, 1.807) is 6.20 Å². The lowest BCUT2D eigenvalue weighted by molar-refractivity contribution is 0.571. The van der Waals surface area contributed by atoms with Gasteiger partial charge in [0.1, 0.15) is 0 Å². The Morgan fingerprint density at radius 1 is 1.50 bits per heavy atom. The zero-order valence-corrected chi connectivity index (χ0v) is 10.2. The highest BCUT2D eigenvalue weighted by Crippen LogP contribution is 2.34. The second-order valence-electron chi connectivity index (χ2n) is 5.04. The molecule has 0 unspecified atom stereocenters. The summed E-state index contributed by atoms with van der Waals surface area (Å²) in [5.74, 6) is 0.740. The van der Waals surface area contributed by atoms with E-state index in [0.29, 0.717) is 6.04 Å². The van der Waals surface area contributed by atoms with Gasteiger partial charge in [0.25, 0.3) is 0 Å². The molecule has 0 bridgehead atoms. The highest BCUT2D eigenvalue weighted by atomic mass is 15.2. The fourth-order valence-electron chi connectivity index (χ4n) is 1.94. The van der Waals surface area contributed by atoms with Gasteiger partial charge in [-0.15, -0.1) is 0 Å². The maximum atomic E-state index is 5.99. The summed E-state index contributed by atoms with van der Waals surface area (Å²) in [6.07, 6.45) is 7.41. The fourth-order valence-corrected chi connectivity index (χ4v) is 1.94. The van der Waals surface area contributed by atoms with Crippen molar-refractivity contribution in [1.82, 2.24) is 4.98 Å². The van der Waals surface area contributed by atoms with E-state index < -0.39 is 0 Å². The van der Waals surface area contributed by atoms with E-state index in [9.17, 15) is 0 Å². The number of nitrogens with two attached hydrogens (primary N) is 1. The van der Waals surface area contributed by atoms with Crippen LogP contribution in [0, 0.1) is 5.92 Å². The summed E-state index contributed by atoms with van der Waals surface area (Å²) in [5, 5.41) is 0. The van der Waals surface area contributed by atoms with E-state index in [4.69, 9.17) is 5.73 Å². The SMILES string of the molecule is CC(C)CCN(c1ccncc1N)C1CC1. The number of nitrogens with zero attached hydrogens (tertiary/aromatic N) is 2. The molecule has 2 rings (SSSR count). The number of rotatable bonds is 5. The van der Waals surface area contributed by atoms with Crippen molar-refractivity contribution in [3.8, 4) is 0 Å². The minimum atomic E-state index is 0.712. The van der Waals surface area contributed by atoms with Crippen LogP contribution in [0.3, 0.4) is 0 Å². The number of pyridine rings is 1. The molecule has 3 nitrogen and oxygen atoms in total. The molecule has 0 aliphatic heterocycles. The standard InChI is InChI=1S/C13H21N3/c1-10(2)6-8-16(11-3-4-11)13-5-7-15-9-12(13)14/h5,7,9-11H,3-4,6,8,14H2,1-2H3. The Morgan fingerprint density at radius 2 is 2.25 bits per heavy atom. The first-order valence-electron chi connectivity index (χ1n) is 6.14. The van der Waals surface area contributed by atoms with Gasteiger partial charge in [-0.3, -0.25) is 4.98 Å². The molecule has 88 valence electrons. The predicted molar refractivity (Wildman–Crippen MR) is 68.5 cm³/mol. The Balaban J connectivity index is 2.10. The topological polar surface area (TPSA) is 42.2 Å². The van der Waals surface area contributed by atoms with Gasteiger partial charge in [-0.25, -0.2) is 0 Å². The van der Waals surface area contributed by atoms with Crippen molar-refractivity contribution in [2.75, 3.05) is 17.2 Å². The molecule has 2 N–H and O–H groups in total. The normalized spacial score (nSPS) is 15.4. The molecule has 1 aliphatic rings. The van der Waals surface area contributed by atoms with E-state index >= 15 is 0 Å². The largest absolute Gasteiger partial charge is 0.396 e. The van der Waals surface area contributed by atoms with E-state index in [-0.39, 0.29) is 0 Å². The van der Waals surface area contributed by atoms with Gasteiger partial charge in [-0.2, -0.15) is 0 Å². The third-order valence-corrected chi connectivity index (χ3v) is 3.07. The third-order valence-electron chi connectivity index (χ3n) is 3.07. The van der Waals surface area contributed by atoms with Crippen LogP contribution in [0.5, 0.6) is 0 Å². The van der Waals surface area contributed by atoms with Crippen molar-refractivity contribution >= 4 is 11.4 Å². The summed E-state index contributed by atoms with van der Waals surface area (Å²) in [6.45, 7) is 5.64. The van der Waals surface area contributed by atoms with Crippen molar-refractivity contribution in [2.24, 2.45) is 5.92 Å². The summed E-state index contributed by atoms with van der Waals surface area (Å²) >= 11 is 0. The summed E-state index contributed by atoms with van der Waals surface area (Å²) in [7, 11) is 0. The van der Waals surface area contributed by atoms with Crippen molar-refractivity contribution in [3.05, 3.63) is 18.5 Å². The maximum absolute atomic E-state index is 5.99. The Kier molecular flexibility index (Phi) is 3.32. The molecular formula is C13H21N3. The number of hydrogen-bond acceptors (Lipinski definition) is 3. The lowest BCUT2D eigenvalue weighted by atomic mass is 10.1. The van der Waals surface area contributed by atoms with Crippen LogP contribution in [0.15, 0.2) is 18.5 Å². The molecule has 0 radical (unpaired) electrons. The second kappa shape index (κ2) is 4.73. The van der Waals surface area contributed by atoms with Crippen LogP contribution in [-0.2, 0) is 0 Å². The molecule has 16 heavy (non-hydrogen) atoms. The number of aromatic nitrogens is 1. The van der Waals surface area contributed by atoms with Gasteiger partial charge in [-0.05, 0) is 31.2 Å².